The summed E-state index contributed by atoms with van der Waals surface area (Å²) in [6.07, 6.45) is 0. The number of aryl methyl sites for hydroxylation is 1. The molecule has 2 aromatic carbocycles. The van der Waals surface area contributed by atoms with Crippen LogP contribution >= 0.6 is 15.9 Å². The highest BCUT2D eigenvalue weighted by Gasteiger charge is 2.22. The summed E-state index contributed by atoms with van der Waals surface area (Å²) in [5.41, 5.74) is 2.88. The average Bonchev–Trinajstić information content (AvgIpc) is 2.44. The van der Waals surface area contributed by atoms with Crippen molar-refractivity contribution >= 4 is 27.5 Å². The number of amides is 1. The van der Waals surface area contributed by atoms with Crippen LogP contribution in [0.4, 0.5) is 5.69 Å². The normalized spacial score (nSPS) is 12.2. The number of nitrogens with zero attached hydrogens (tertiary/aromatic N) is 1. The second kappa shape index (κ2) is 6.87. The Hall–Kier alpha value is -1.65. The Bertz CT molecular complexity index is 626. The molecular formula is C17H19BrN2O. The molecule has 1 amide bonds. The standard InChI is InChI=1S/C17H19BrN2O/c1-12-11-14(9-10-15(12)18)19-17(21)16(20(2)3)13-7-5-4-6-8-13/h4-11,16H,1-3H3,(H,19,21). The van der Waals surface area contributed by atoms with E-state index in [1.54, 1.807) is 0 Å². The van der Waals surface area contributed by atoms with Gasteiger partial charge in [0.25, 0.3) is 0 Å². The van der Waals surface area contributed by atoms with Crippen LogP contribution in [0.3, 0.4) is 0 Å². The Morgan fingerprint density at radius 3 is 2.38 bits per heavy atom. The van der Waals surface area contributed by atoms with Crippen LogP contribution in [-0.4, -0.2) is 24.9 Å². The van der Waals surface area contributed by atoms with E-state index in [2.05, 4.69) is 21.2 Å². The van der Waals surface area contributed by atoms with Gasteiger partial charge in [-0.25, -0.2) is 0 Å². The molecule has 3 nitrogen and oxygen atoms in total. The molecule has 1 N–H and O–H groups in total. The van der Waals surface area contributed by atoms with Crippen molar-refractivity contribution in [3.63, 3.8) is 0 Å². The van der Waals surface area contributed by atoms with Crippen molar-refractivity contribution in [3.05, 3.63) is 64.1 Å². The first kappa shape index (κ1) is 15.7. The topological polar surface area (TPSA) is 32.3 Å². The fourth-order valence-electron chi connectivity index (χ4n) is 2.25. The molecule has 0 bridgehead atoms. The molecule has 21 heavy (non-hydrogen) atoms. The first-order chi connectivity index (χ1) is 9.99. The van der Waals surface area contributed by atoms with Gasteiger partial charge >= 0.3 is 0 Å². The van der Waals surface area contributed by atoms with Crippen molar-refractivity contribution in [3.8, 4) is 0 Å². The van der Waals surface area contributed by atoms with Gasteiger partial charge < -0.3 is 5.32 Å². The van der Waals surface area contributed by atoms with Crippen LogP contribution in [-0.2, 0) is 4.79 Å². The monoisotopic (exact) mass is 346 g/mol. The van der Waals surface area contributed by atoms with Crippen LogP contribution in [0.2, 0.25) is 0 Å². The average molecular weight is 347 g/mol. The van der Waals surface area contributed by atoms with E-state index < -0.39 is 0 Å². The molecule has 0 aromatic heterocycles. The predicted octanol–water partition coefficient (Wildman–Crippen LogP) is 4.00. The molecule has 1 unspecified atom stereocenters. The summed E-state index contributed by atoms with van der Waals surface area (Å²) in [6, 6.07) is 15.3. The van der Waals surface area contributed by atoms with Crippen molar-refractivity contribution in [2.45, 2.75) is 13.0 Å². The van der Waals surface area contributed by atoms with Crippen molar-refractivity contribution in [2.75, 3.05) is 19.4 Å². The summed E-state index contributed by atoms with van der Waals surface area (Å²) >= 11 is 3.46. The summed E-state index contributed by atoms with van der Waals surface area (Å²) < 4.78 is 1.03. The number of anilines is 1. The van der Waals surface area contributed by atoms with Gasteiger partial charge in [0.1, 0.15) is 6.04 Å². The lowest BCUT2D eigenvalue weighted by Gasteiger charge is -2.24. The van der Waals surface area contributed by atoms with Crippen molar-refractivity contribution in [2.24, 2.45) is 0 Å². The zero-order valence-corrected chi connectivity index (χ0v) is 14.0. The smallest absolute Gasteiger partial charge is 0.246 e. The van der Waals surface area contributed by atoms with E-state index in [9.17, 15) is 4.79 Å². The third kappa shape index (κ3) is 3.93. The van der Waals surface area contributed by atoms with Crippen LogP contribution in [0.25, 0.3) is 0 Å². The third-order valence-corrected chi connectivity index (χ3v) is 4.20. The Morgan fingerprint density at radius 2 is 1.81 bits per heavy atom. The second-order valence-electron chi connectivity index (χ2n) is 5.23. The maximum absolute atomic E-state index is 12.6. The lowest BCUT2D eigenvalue weighted by atomic mass is 10.1. The van der Waals surface area contributed by atoms with Gasteiger partial charge in [-0.1, -0.05) is 46.3 Å². The van der Waals surface area contributed by atoms with Crippen LogP contribution in [0, 0.1) is 6.92 Å². The molecule has 1 atom stereocenters. The number of carbonyl (C=O) groups excluding carboxylic acids is 1. The molecule has 0 heterocycles. The van der Waals surface area contributed by atoms with Gasteiger partial charge in [0.05, 0.1) is 0 Å². The number of halogens is 1. The van der Waals surface area contributed by atoms with Crippen LogP contribution in [0.1, 0.15) is 17.2 Å². The SMILES string of the molecule is Cc1cc(NC(=O)C(c2ccccc2)N(C)C)ccc1Br. The fraction of sp³-hybridized carbons (Fsp3) is 0.235. The van der Waals surface area contributed by atoms with Gasteiger partial charge in [0.15, 0.2) is 0 Å². The molecular weight excluding hydrogens is 328 g/mol. The second-order valence-corrected chi connectivity index (χ2v) is 6.08. The minimum absolute atomic E-state index is 0.0343. The highest BCUT2D eigenvalue weighted by Crippen LogP contribution is 2.23. The molecule has 0 aliphatic heterocycles. The lowest BCUT2D eigenvalue weighted by molar-refractivity contribution is -0.120. The molecule has 0 fully saturated rings. The molecule has 0 aliphatic rings. The Labute approximate surface area is 134 Å². The van der Waals surface area contributed by atoms with Crippen LogP contribution in [0.5, 0.6) is 0 Å². The number of hydrogen-bond acceptors (Lipinski definition) is 2. The Morgan fingerprint density at radius 1 is 1.14 bits per heavy atom. The number of benzene rings is 2. The fourth-order valence-corrected chi connectivity index (χ4v) is 2.50. The summed E-state index contributed by atoms with van der Waals surface area (Å²) in [5.74, 6) is -0.0343. The highest BCUT2D eigenvalue weighted by molar-refractivity contribution is 9.10. The first-order valence-electron chi connectivity index (χ1n) is 6.77. The molecule has 0 saturated heterocycles. The largest absolute Gasteiger partial charge is 0.324 e. The lowest BCUT2D eigenvalue weighted by Crippen LogP contribution is -2.32. The van der Waals surface area contributed by atoms with Gasteiger partial charge in [0.2, 0.25) is 5.91 Å². The van der Waals surface area contributed by atoms with Crippen molar-refractivity contribution in [1.29, 1.82) is 0 Å². The molecule has 4 heteroatoms. The van der Waals surface area contributed by atoms with Gasteiger partial charge in [-0.15, -0.1) is 0 Å². The number of carbonyl (C=O) groups is 1. The van der Waals surface area contributed by atoms with E-state index in [0.717, 1.165) is 21.3 Å². The molecule has 2 aromatic rings. The van der Waals surface area contributed by atoms with Crippen LogP contribution < -0.4 is 5.32 Å². The molecule has 0 spiro atoms. The van der Waals surface area contributed by atoms with E-state index in [4.69, 9.17) is 0 Å². The van der Waals surface area contributed by atoms with E-state index >= 15 is 0 Å². The minimum atomic E-state index is -0.310. The molecule has 0 aliphatic carbocycles. The quantitative estimate of drug-likeness (QED) is 0.907. The van der Waals surface area contributed by atoms with Gasteiger partial charge in [-0.05, 0) is 50.3 Å². The van der Waals surface area contributed by atoms with E-state index in [1.807, 2.05) is 74.4 Å². The number of likely N-dealkylation sites (N-methyl/N-ethyl adjacent to an activating group) is 1. The summed E-state index contributed by atoms with van der Waals surface area (Å²) in [4.78, 5) is 14.5. The maximum atomic E-state index is 12.6. The van der Waals surface area contributed by atoms with E-state index in [0.29, 0.717) is 0 Å². The van der Waals surface area contributed by atoms with Gasteiger partial charge in [-0.3, -0.25) is 9.69 Å². The molecule has 110 valence electrons. The molecule has 0 saturated carbocycles. The first-order valence-corrected chi connectivity index (χ1v) is 7.56. The summed E-state index contributed by atoms with van der Waals surface area (Å²) in [6.45, 7) is 2.00. The maximum Gasteiger partial charge on any atom is 0.246 e. The third-order valence-electron chi connectivity index (χ3n) is 3.31. The highest BCUT2D eigenvalue weighted by atomic mass is 79.9. The Kier molecular flexibility index (Phi) is 5.15. The summed E-state index contributed by atoms with van der Waals surface area (Å²) in [5, 5.41) is 2.99. The number of hydrogen-bond donors (Lipinski definition) is 1. The number of nitrogens with one attached hydrogen (secondary N) is 1. The van der Waals surface area contributed by atoms with Crippen molar-refractivity contribution in [1.82, 2.24) is 4.90 Å². The van der Waals surface area contributed by atoms with E-state index in [-0.39, 0.29) is 11.9 Å². The Balaban J connectivity index is 2.21. The van der Waals surface area contributed by atoms with E-state index in [1.165, 1.54) is 0 Å². The zero-order chi connectivity index (χ0) is 15.4. The minimum Gasteiger partial charge on any atom is -0.324 e. The van der Waals surface area contributed by atoms with Gasteiger partial charge in [-0.2, -0.15) is 0 Å². The molecule has 2 rings (SSSR count). The van der Waals surface area contributed by atoms with Crippen LogP contribution in [0.15, 0.2) is 53.0 Å². The zero-order valence-electron chi connectivity index (χ0n) is 12.4. The van der Waals surface area contributed by atoms with Gasteiger partial charge in [0, 0.05) is 10.2 Å². The predicted molar refractivity (Wildman–Crippen MR) is 90.4 cm³/mol. The van der Waals surface area contributed by atoms with Crippen molar-refractivity contribution < 1.29 is 4.79 Å². The summed E-state index contributed by atoms with van der Waals surface area (Å²) in [7, 11) is 3.81. The number of rotatable bonds is 4. The molecule has 0 radical (unpaired) electrons.